The number of nitrogens with zero attached hydrogens (tertiary/aromatic N) is 4. The molecule has 0 spiro atoms. The van der Waals surface area contributed by atoms with Crippen LogP contribution in [0.15, 0.2) is 10.9 Å². The first-order valence-electron chi connectivity index (χ1n) is 6.69. The molecule has 110 valence electrons. The molecule has 0 radical (unpaired) electrons. The molecule has 0 aliphatic heterocycles. The Morgan fingerprint density at radius 2 is 2.15 bits per heavy atom. The maximum atomic E-state index is 11.5. The Morgan fingerprint density at radius 3 is 2.80 bits per heavy atom. The topological polar surface area (TPSA) is 78.3 Å². The van der Waals surface area contributed by atoms with E-state index in [1.54, 1.807) is 6.92 Å². The first kappa shape index (κ1) is 14.5. The molecule has 0 amide bonds. The molecule has 0 unspecified atom stereocenters. The van der Waals surface area contributed by atoms with Crippen molar-refractivity contribution in [2.24, 2.45) is 0 Å². The molecule has 0 saturated carbocycles. The molecular weight excluding hydrogens is 256 g/mol. The van der Waals surface area contributed by atoms with Gasteiger partial charge in [-0.3, -0.25) is 0 Å². The van der Waals surface area contributed by atoms with Gasteiger partial charge in [0.1, 0.15) is 11.6 Å². The summed E-state index contributed by atoms with van der Waals surface area (Å²) in [7, 11) is 1.98. The second kappa shape index (κ2) is 5.24. The van der Waals surface area contributed by atoms with E-state index in [9.17, 15) is 4.79 Å². The highest BCUT2D eigenvalue weighted by Gasteiger charge is 2.12. The van der Waals surface area contributed by atoms with Gasteiger partial charge in [-0.25, -0.2) is 19.3 Å². The number of hydrogen-bond acceptors (Lipinski definition) is 5. The highest BCUT2D eigenvalue weighted by molar-refractivity contribution is 5.50. The van der Waals surface area contributed by atoms with Crippen molar-refractivity contribution < 1.29 is 0 Å². The maximum Gasteiger partial charge on any atom is 0.349 e. The lowest BCUT2D eigenvalue weighted by Gasteiger charge is -2.24. The molecule has 0 saturated heterocycles. The lowest BCUT2D eigenvalue weighted by molar-refractivity contribution is 0.430. The van der Waals surface area contributed by atoms with Crippen molar-refractivity contribution in [1.29, 1.82) is 0 Å². The third kappa shape index (κ3) is 3.16. The maximum absolute atomic E-state index is 11.5. The Kier molecular flexibility index (Phi) is 3.80. The van der Waals surface area contributed by atoms with Crippen molar-refractivity contribution in [2.75, 3.05) is 25.0 Å². The summed E-state index contributed by atoms with van der Waals surface area (Å²) in [6, 6.07) is 1.81. The van der Waals surface area contributed by atoms with Crippen LogP contribution in [0.1, 0.15) is 26.6 Å². The molecule has 0 fully saturated rings. The summed E-state index contributed by atoms with van der Waals surface area (Å²) in [4.78, 5) is 18.0. The van der Waals surface area contributed by atoms with Gasteiger partial charge in [-0.05, 0) is 27.7 Å². The van der Waals surface area contributed by atoms with Crippen molar-refractivity contribution >= 4 is 11.5 Å². The van der Waals surface area contributed by atoms with Crippen LogP contribution in [0.25, 0.3) is 5.65 Å². The smallest absolute Gasteiger partial charge is 0.349 e. The molecule has 2 heterocycles. The van der Waals surface area contributed by atoms with Crippen LogP contribution in [0.5, 0.6) is 0 Å². The predicted molar refractivity (Wildman–Crippen MR) is 79.4 cm³/mol. The van der Waals surface area contributed by atoms with Gasteiger partial charge in [-0.2, -0.15) is 5.10 Å². The molecule has 2 N–H and O–H groups in total. The third-order valence-electron chi connectivity index (χ3n) is 3.05. The molecule has 7 heteroatoms. The van der Waals surface area contributed by atoms with E-state index >= 15 is 0 Å². The Balaban J connectivity index is 2.14. The SMILES string of the molecule is Cc1nc(N(C)CCNC(C)(C)C)cc2n[nH]c(=O)n12. The minimum atomic E-state index is -0.256. The Hall–Kier alpha value is -1.89. The van der Waals surface area contributed by atoms with Crippen molar-refractivity contribution in [3.05, 3.63) is 22.4 Å². The summed E-state index contributed by atoms with van der Waals surface area (Å²) in [5.41, 5.74) is 0.436. The monoisotopic (exact) mass is 278 g/mol. The van der Waals surface area contributed by atoms with Crippen molar-refractivity contribution in [2.45, 2.75) is 33.2 Å². The average Bonchev–Trinajstić information content (AvgIpc) is 2.69. The number of nitrogens with one attached hydrogen (secondary N) is 2. The van der Waals surface area contributed by atoms with E-state index < -0.39 is 0 Å². The first-order valence-corrected chi connectivity index (χ1v) is 6.69. The summed E-state index contributed by atoms with van der Waals surface area (Å²) in [6.07, 6.45) is 0. The van der Waals surface area contributed by atoms with Gasteiger partial charge in [-0.1, -0.05) is 0 Å². The highest BCUT2D eigenvalue weighted by atomic mass is 16.1. The zero-order valence-electron chi connectivity index (χ0n) is 12.7. The Labute approximate surface area is 118 Å². The van der Waals surface area contributed by atoms with E-state index in [-0.39, 0.29) is 11.2 Å². The summed E-state index contributed by atoms with van der Waals surface area (Å²) in [6.45, 7) is 9.90. The van der Waals surface area contributed by atoms with Gasteiger partial charge >= 0.3 is 5.69 Å². The molecule has 2 aromatic heterocycles. The quantitative estimate of drug-likeness (QED) is 0.854. The zero-order valence-corrected chi connectivity index (χ0v) is 12.7. The molecule has 2 aromatic rings. The van der Waals surface area contributed by atoms with Crippen LogP contribution in [0.4, 0.5) is 5.82 Å². The summed E-state index contributed by atoms with van der Waals surface area (Å²) in [5.74, 6) is 1.44. The van der Waals surface area contributed by atoms with E-state index in [2.05, 4.69) is 41.3 Å². The van der Waals surface area contributed by atoms with Crippen molar-refractivity contribution in [3.8, 4) is 0 Å². The molecule has 0 aliphatic rings. The number of hydrogen-bond donors (Lipinski definition) is 2. The van der Waals surface area contributed by atoms with Gasteiger partial charge in [0, 0.05) is 31.7 Å². The standard InChI is InChI=1S/C13H22N6O/c1-9-15-10(8-11-16-17-12(20)19(9)11)18(5)7-6-14-13(2,3)4/h8,14H,6-7H2,1-5H3,(H,17,20). The third-order valence-corrected chi connectivity index (χ3v) is 3.05. The lowest BCUT2D eigenvalue weighted by atomic mass is 10.1. The van der Waals surface area contributed by atoms with E-state index in [0.29, 0.717) is 11.5 Å². The van der Waals surface area contributed by atoms with Crippen LogP contribution < -0.4 is 15.9 Å². The highest BCUT2D eigenvalue weighted by Crippen LogP contribution is 2.11. The zero-order chi connectivity index (χ0) is 14.9. The van der Waals surface area contributed by atoms with Gasteiger partial charge < -0.3 is 10.2 Å². The second-order valence-electron chi connectivity index (χ2n) is 5.98. The molecule has 0 aromatic carbocycles. The van der Waals surface area contributed by atoms with Crippen LogP contribution in [-0.2, 0) is 0 Å². The molecule has 0 atom stereocenters. The fourth-order valence-corrected chi connectivity index (χ4v) is 1.99. The van der Waals surface area contributed by atoms with Crippen LogP contribution in [0.3, 0.4) is 0 Å². The lowest BCUT2D eigenvalue weighted by Crippen LogP contribution is -2.40. The van der Waals surface area contributed by atoms with Crippen LogP contribution in [0, 0.1) is 6.92 Å². The molecule has 0 aliphatic carbocycles. The van der Waals surface area contributed by atoms with Gasteiger partial charge in [0.2, 0.25) is 0 Å². The summed E-state index contributed by atoms with van der Waals surface area (Å²) < 4.78 is 1.46. The number of likely N-dealkylation sites (N-methyl/N-ethyl adjacent to an activating group) is 1. The van der Waals surface area contributed by atoms with Gasteiger partial charge in [-0.15, -0.1) is 0 Å². The van der Waals surface area contributed by atoms with E-state index in [0.717, 1.165) is 18.9 Å². The molecule has 0 bridgehead atoms. The fraction of sp³-hybridized carbons (Fsp3) is 0.615. The fourth-order valence-electron chi connectivity index (χ4n) is 1.99. The summed E-state index contributed by atoms with van der Waals surface area (Å²) >= 11 is 0. The van der Waals surface area contributed by atoms with Crippen molar-refractivity contribution in [3.63, 3.8) is 0 Å². The Bertz CT molecular complexity index is 651. The number of aromatic amines is 1. The molecule has 2 rings (SSSR count). The average molecular weight is 278 g/mol. The molecule has 20 heavy (non-hydrogen) atoms. The normalized spacial score (nSPS) is 12.1. The number of fused-ring (bicyclic) bond motifs is 1. The van der Waals surface area contributed by atoms with Gasteiger partial charge in [0.15, 0.2) is 5.65 Å². The largest absolute Gasteiger partial charge is 0.358 e. The molecule has 7 nitrogen and oxygen atoms in total. The number of anilines is 1. The van der Waals surface area contributed by atoms with Crippen LogP contribution in [-0.4, -0.2) is 45.3 Å². The number of rotatable bonds is 4. The van der Waals surface area contributed by atoms with Gasteiger partial charge in [0.05, 0.1) is 0 Å². The van der Waals surface area contributed by atoms with Crippen LogP contribution >= 0.6 is 0 Å². The van der Waals surface area contributed by atoms with Crippen LogP contribution in [0.2, 0.25) is 0 Å². The molecular formula is C13H22N6O. The van der Waals surface area contributed by atoms with E-state index in [1.807, 2.05) is 18.0 Å². The number of H-pyrrole nitrogens is 1. The second-order valence-corrected chi connectivity index (χ2v) is 5.98. The number of aryl methyl sites for hydroxylation is 1. The summed E-state index contributed by atoms with van der Waals surface area (Å²) in [5, 5.41) is 9.85. The van der Waals surface area contributed by atoms with E-state index in [1.165, 1.54) is 4.40 Å². The first-order chi connectivity index (χ1) is 9.28. The number of aromatic nitrogens is 4. The predicted octanol–water partition coefficient (Wildman–Crippen LogP) is 0.550. The minimum Gasteiger partial charge on any atom is -0.358 e. The Morgan fingerprint density at radius 1 is 1.45 bits per heavy atom. The van der Waals surface area contributed by atoms with Gasteiger partial charge in [0.25, 0.3) is 0 Å². The minimum absolute atomic E-state index is 0.101. The van der Waals surface area contributed by atoms with E-state index in [4.69, 9.17) is 0 Å². The van der Waals surface area contributed by atoms with Crippen molar-refractivity contribution in [1.82, 2.24) is 24.9 Å².